The molecule has 7 heteroatoms. The molecule has 1 aliphatic rings. The summed E-state index contributed by atoms with van der Waals surface area (Å²) < 4.78 is 1.93. The maximum absolute atomic E-state index is 12.9. The number of amides is 1. The van der Waals surface area contributed by atoms with E-state index >= 15 is 0 Å². The molecule has 0 saturated carbocycles. The summed E-state index contributed by atoms with van der Waals surface area (Å²) in [6.07, 6.45) is 5.10. The summed E-state index contributed by atoms with van der Waals surface area (Å²) in [4.78, 5) is 31.5. The molecule has 1 saturated heterocycles. The Kier molecular flexibility index (Phi) is 7.77. The summed E-state index contributed by atoms with van der Waals surface area (Å²) >= 11 is 0. The van der Waals surface area contributed by atoms with Gasteiger partial charge in [-0.3, -0.25) is 4.79 Å². The van der Waals surface area contributed by atoms with E-state index in [-0.39, 0.29) is 23.7 Å². The second kappa shape index (κ2) is 11.0. The molecule has 0 bridgehead atoms. The fourth-order valence-corrected chi connectivity index (χ4v) is 4.66. The number of hydrogen-bond donors (Lipinski definition) is 2. The molecule has 3 aromatic rings. The van der Waals surface area contributed by atoms with Crippen LogP contribution in [0.25, 0.3) is 0 Å². The zero-order valence-corrected chi connectivity index (χ0v) is 21.4. The maximum Gasteiger partial charge on any atom is 0.326 e. The van der Waals surface area contributed by atoms with Gasteiger partial charge in [-0.05, 0) is 41.5 Å². The Labute approximate surface area is 213 Å². The van der Waals surface area contributed by atoms with E-state index in [0.29, 0.717) is 25.1 Å². The second-order valence-corrected chi connectivity index (χ2v) is 10.7. The van der Waals surface area contributed by atoms with E-state index in [0.717, 1.165) is 24.3 Å². The number of piperidine rings is 1. The Morgan fingerprint density at radius 3 is 2.33 bits per heavy atom. The lowest BCUT2D eigenvalue weighted by molar-refractivity contribution is -0.142. The normalized spacial score (nSPS) is 15.5. The van der Waals surface area contributed by atoms with Crippen molar-refractivity contribution >= 4 is 17.6 Å². The summed E-state index contributed by atoms with van der Waals surface area (Å²) in [6.45, 7) is 8.81. The zero-order chi connectivity index (χ0) is 25.7. The molecule has 1 fully saturated rings. The Hall–Kier alpha value is -3.61. The molecule has 1 aliphatic heterocycles. The number of carbonyl (C=O) groups is 2. The van der Waals surface area contributed by atoms with E-state index in [1.54, 1.807) is 6.33 Å². The molecule has 2 heterocycles. The van der Waals surface area contributed by atoms with Crippen LogP contribution in [0.2, 0.25) is 0 Å². The van der Waals surface area contributed by atoms with Crippen LogP contribution in [-0.4, -0.2) is 45.7 Å². The van der Waals surface area contributed by atoms with Gasteiger partial charge in [-0.2, -0.15) is 0 Å². The number of hydrogen-bond acceptors (Lipinski definition) is 4. The average molecular weight is 489 g/mol. The van der Waals surface area contributed by atoms with Crippen LogP contribution in [0.4, 0.5) is 5.69 Å². The maximum atomic E-state index is 12.9. The summed E-state index contributed by atoms with van der Waals surface area (Å²) in [5.41, 5.74) is 4.36. The Balaban J connectivity index is 1.30. The monoisotopic (exact) mass is 488 g/mol. The van der Waals surface area contributed by atoms with Gasteiger partial charge in [0.25, 0.3) is 0 Å². The molecular formula is C29H36N4O3. The fraction of sp³-hybridized carbons (Fsp3) is 0.414. The first-order chi connectivity index (χ1) is 17.2. The largest absolute Gasteiger partial charge is 0.480 e. The van der Waals surface area contributed by atoms with Gasteiger partial charge in [0.1, 0.15) is 6.04 Å². The number of anilines is 1. The number of aliphatic carboxylic acids is 1. The Morgan fingerprint density at radius 2 is 1.72 bits per heavy atom. The van der Waals surface area contributed by atoms with E-state index < -0.39 is 12.0 Å². The topological polar surface area (TPSA) is 87.5 Å². The highest BCUT2D eigenvalue weighted by atomic mass is 16.4. The molecule has 7 nitrogen and oxygen atoms in total. The van der Waals surface area contributed by atoms with E-state index in [4.69, 9.17) is 0 Å². The minimum Gasteiger partial charge on any atom is -0.480 e. The predicted molar refractivity (Wildman–Crippen MR) is 141 cm³/mol. The van der Waals surface area contributed by atoms with Crippen LogP contribution >= 0.6 is 0 Å². The molecule has 36 heavy (non-hydrogen) atoms. The van der Waals surface area contributed by atoms with Gasteiger partial charge in [0.2, 0.25) is 5.91 Å². The quantitative estimate of drug-likeness (QED) is 0.495. The number of imidazole rings is 1. The fourth-order valence-electron chi connectivity index (χ4n) is 4.66. The minimum atomic E-state index is -1.04. The van der Waals surface area contributed by atoms with Crippen molar-refractivity contribution in [1.29, 1.82) is 0 Å². The van der Waals surface area contributed by atoms with Gasteiger partial charge >= 0.3 is 5.97 Å². The average Bonchev–Trinajstić information content (AvgIpc) is 3.30. The molecule has 0 aliphatic carbocycles. The number of carboxylic acid groups (broad SMARTS) is 1. The first-order valence-corrected chi connectivity index (χ1v) is 12.6. The van der Waals surface area contributed by atoms with Crippen molar-refractivity contribution in [3.05, 3.63) is 83.9 Å². The molecule has 1 unspecified atom stereocenters. The van der Waals surface area contributed by atoms with Crippen LogP contribution in [-0.2, 0) is 28.0 Å². The Bertz CT molecular complexity index is 1160. The van der Waals surface area contributed by atoms with E-state index in [1.807, 2.05) is 41.1 Å². The summed E-state index contributed by atoms with van der Waals surface area (Å²) in [5.74, 6) is -1.42. The van der Waals surface area contributed by atoms with Gasteiger partial charge in [-0.25, -0.2) is 9.78 Å². The molecular weight excluding hydrogens is 452 g/mol. The third-order valence-electron chi connectivity index (χ3n) is 6.89. The number of nitrogens with zero attached hydrogens (tertiary/aromatic N) is 3. The highest BCUT2D eigenvalue weighted by Crippen LogP contribution is 2.27. The summed E-state index contributed by atoms with van der Waals surface area (Å²) in [7, 11) is 0. The zero-order valence-electron chi connectivity index (χ0n) is 21.4. The van der Waals surface area contributed by atoms with Crippen molar-refractivity contribution in [2.75, 3.05) is 18.0 Å². The standard InChI is InChI=1S/C29H36N4O3/c1-29(2,3)23-9-11-25(12-10-23)33-15-13-22(14-16-33)27(34)31-26(28(35)36)17-24-19-32(20-30-24)18-21-7-5-4-6-8-21/h4-12,19-20,22,26H,13-18H2,1-3H3,(H,31,34)(H,35,36). The molecule has 1 aromatic heterocycles. The lowest BCUT2D eigenvalue weighted by atomic mass is 9.87. The lowest BCUT2D eigenvalue weighted by Gasteiger charge is -2.33. The van der Waals surface area contributed by atoms with Crippen molar-refractivity contribution in [2.45, 2.75) is 58.0 Å². The number of carbonyl (C=O) groups excluding carboxylic acids is 1. The third-order valence-corrected chi connectivity index (χ3v) is 6.89. The van der Waals surface area contributed by atoms with Gasteiger partial charge < -0.3 is 19.9 Å². The first-order valence-electron chi connectivity index (χ1n) is 12.6. The van der Waals surface area contributed by atoms with Gasteiger partial charge in [0.15, 0.2) is 0 Å². The first kappa shape index (κ1) is 25.5. The van der Waals surface area contributed by atoms with Crippen molar-refractivity contribution < 1.29 is 14.7 Å². The highest BCUT2D eigenvalue weighted by molar-refractivity contribution is 5.85. The van der Waals surface area contributed by atoms with Crippen molar-refractivity contribution in [1.82, 2.24) is 14.9 Å². The van der Waals surface area contributed by atoms with Crippen LogP contribution in [0, 0.1) is 5.92 Å². The smallest absolute Gasteiger partial charge is 0.326 e. The predicted octanol–water partition coefficient (Wildman–Crippen LogP) is 4.26. The van der Waals surface area contributed by atoms with Crippen molar-refractivity contribution in [3.63, 3.8) is 0 Å². The second-order valence-electron chi connectivity index (χ2n) is 10.7. The molecule has 0 spiro atoms. The molecule has 2 aromatic carbocycles. The van der Waals surface area contributed by atoms with Crippen LogP contribution in [0.3, 0.4) is 0 Å². The van der Waals surface area contributed by atoms with Gasteiger partial charge in [0, 0.05) is 43.9 Å². The SMILES string of the molecule is CC(C)(C)c1ccc(N2CCC(C(=O)NC(Cc3cn(Cc4ccccc4)cn3)C(=O)O)CC2)cc1. The minimum absolute atomic E-state index is 0.115. The van der Waals surface area contributed by atoms with Crippen LogP contribution in [0.5, 0.6) is 0 Å². The van der Waals surface area contributed by atoms with E-state index in [9.17, 15) is 14.7 Å². The van der Waals surface area contributed by atoms with Crippen molar-refractivity contribution in [3.8, 4) is 0 Å². The van der Waals surface area contributed by atoms with Crippen LogP contribution in [0.1, 0.15) is 50.4 Å². The molecule has 4 rings (SSSR count). The number of nitrogens with one attached hydrogen (secondary N) is 1. The molecule has 1 amide bonds. The van der Waals surface area contributed by atoms with Gasteiger partial charge in [-0.1, -0.05) is 63.2 Å². The lowest BCUT2D eigenvalue weighted by Crippen LogP contribution is -2.47. The Morgan fingerprint density at radius 1 is 1.06 bits per heavy atom. The van der Waals surface area contributed by atoms with Gasteiger partial charge in [-0.15, -0.1) is 0 Å². The highest BCUT2D eigenvalue weighted by Gasteiger charge is 2.29. The summed E-state index contributed by atoms with van der Waals surface area (Å²) in [5, 5.41) is 12.5. The molecule has 1 atom stereocenters. The van der Waals surface area contributed by atoms with Crippen LogP contribution in [0.15, 0.2) is 67.1 Å². The third kappa shape index (κ3) is 6.53. The number of aromatic nitrogens is 2. The number of carboxylic acids is 1. The van der Waals surface area contributed by atoms with Crippen molar-refractivity contribution in [2.24, 2.45) is 5.92 Å². The molecule has 190 valence electrons. The van der Waals surface area contributed by atoms with Gasteiger partial charge in [0.05, 0.1) is 12.0 Å². The van der Waals surface area contributed by atoms with E-state index in [2.05, 4.69) is 60.2 Å². The van der Waals surface area contributed by atoms with E-state index in [1.165, 1.54) is 5.56 Å². The van der Waals surface area contributed by atoms with Crippen LogP contribution < -0.4 is 10.2 Å². The number of benzene rings is 2. The summed E-state index contributed by atoms with van der Waals surface area (Å²) in [6, 6.07) is 17.7. The molecule has 2 N–H and O–H groups in total. The number of rotatable bonds is 8. The molecule has 0 radical (unpaired) electrons.